The zero-order valence-electron chi connectivity index (χ0n) is 21.9. The second-order valence-electron chi connectivity index (χ2n) is 8.72. The van der Waals surface area contributed by atoms with Crippen molar-refractivity contribution in [1.29, 1.82) is 0 Å². The molecule has 3 rings (SSSR count). The molecule has 0 radical (unpaired) electrons. The van der Waals surface area contributed by atoms with Crippen molar-refractivity contribution >= 4 is 64.2 Å². The Morgan fingerprint density at radius 1 is 0.951 bits per heavy atom. The van der Waals surface area contributed by atoms with E-state index in [1.807, 2.05) is 6.07 Å². The van der Waals surface area contributed by atoms with E-state index in [-0.39, 0.29) is 36.7 Å². The maximum Gasteiger partial charge on any atom is 0.326 e. The molecule has 14 heteroatoms. The van der Waals surface area contributed by atoms with Crippen LogP contribution in [0.25, 0.3) is 0 Å². The Hall–Kier alpha value is -4.49. The Bertz CT molecular complexity index is 1360. The topological polar surface area (TPSA) is 178 Å². The molecular formula is C27H30ClN7O5S. The molecule has 0 aliphatic carbocycles. The summed E-state index contributed by atoms with van der Waals surface area (Å²) in [6.45, 7) is 1.04. The van der Waals surface area contributed by atoms with Gasteiger partial charge in [-0.15, -0.1) is 0 Å². The van der Waals surface area contributed by atoms with Gasteiger partial charge in [0.15, 0.2) is 5.11 Å². The highest BCUT2D eigenvalue weighted by Gasteiger charge is 2.24. The number of carboxylic acids is 2. The van der Waals surface area contributed by atoms with E-state index < -0.39 is 23.9 Å². The largest absolute Gasteiger partial charge is 0.481 e. The minimum atomic E-state index is -1.17. The van der Waals surface area contributed by atoms with Crippen LogP contribution in [0.15, 0.2) is 60.8 Å². The predicted octanol–water partition coefficient (Wildman–Crippen LogP) is 3.04. The lowest BCUT2D eigenvalue weighted by Crippen LogP contribution is -2.42. The van der Waals surface area contributed by atoms with Crippen molar-refractivity contribution in [2.75, 3.05) is 30.3 Å². The van der Waals surface area contributed by atoms with E-state index >= 15 is 0 Å². The first-order chi connectivity index (χ1) is 19.7. The number of nitrogens with zero attached hydrogens (tertiary/aromatic N) is 2. The molecule has 12 nitrogen and oxygen atoms in total. The van der Waals surface area contributed by atoms with E-state index in [1.165, 1.54) is 6.20 Å². The Labute approximate surface area is 246 Å². The molecular weight excluding hydrogens is 570 g/mol. The summed E-state index contributed by atoms with van der Waals surface area (Å²) >= 11 is 11.4. The van der Waals surface area contributed by atoms with Gasteiger partial charge in [0.1, 0.15) is 17.4 Å². The fourth-order valence-electron chi connectivity index (χ4n) is 3.55. The lowest BCUT2D eigenvalue weighted by atomic mass is 10.1. The Balaban J connectivity index is 1.69. The zero-order valence-corrected chi connectivity index (χ0v) is 23.5. The first-order valence-corrected chi connectivity index (χ1v) is 13.4. The Morgan fingerprint density at radius 3 is 2.37 bits per heavy atom. The van der Waals surface area contributed by atoms with E-state index in [0.717, 1.165) is 5.56 Å². The van der Waals surface area contributed by atoms with Gasteiger partial charge in [0.2, 0.25) is 5.95 Å². The van der Waals surface area contributed by atoms with Gasteiger partial charge in [-0.3, -0.25) is 9.59 Å². The lowest BCUT2D eigenvalue weighted by Gasteiger charge is -2.17. The molecule has 1 atom stereocenters. The molecule has 0 bridgehead atoms. The first-order valence-electron chi connectivity index (χ1n) is 12.7. The zero-order chi connectivity index (χ0) is 29.6. The van der Waals surface area contributed by atoms with E-state index in [4.69, 9.17) is 28.9 Å². The monoisotopic (exact) mass is 599 g/mol. The van der Waals surface area contributed by atoms with Gasteiger partial charge in [-0.25, -0.2) is 9.78 Å². The molecule has 0 fully saturated rings. The van der Waals surface area contributed by atoms with Gasteiger partial charge < -0.3 is 36.8 Å². The average Bonchev–Trinajstić information content (AvgIpc) is 2.94. The van der Waals surface area contributed by atoms with Gasteiger partial charge >= 0.3 is 11.9 Å². The Kier molecular flexibility index (Phi) is 12.1. The number of rotatable bonds is 15. The third-order valence-electron chi connectivity index (χ3n) is 5.60. The molecule has 7 N–H and O–H groups in total. The quantitative estimate of drug-likeness (QED) is 0.100. The normalized spacial score (nSPS) is 11.1. The van der Waals surface area contributed by atoms with Gasteiger partial charge in [-0.05, 0) is 36.3 Å². The summed E-state index contributed by atoms with van der Waals surface area (Å²) in [6, 6.07) is 14.9. The number of para-hydroxylation sites is 1. The van der Waals surface area contributed by atoms with Gasteiger partial charge in [-0.1, -0.05) is 54.1 Å². The summed E-state index contributed by atoms with van der Waals surface area (Å²) in [5.41, 5.74) is 1.39. The molecule has 0 spiro atoms. The standard InChI is InChI=1S/C27H30ClN7O5S/c28-19-9-4-5-10-20(19)34-26-32-16-18(24(38)33-21(25(39)40)15-17-7-2-1-3-8-17)23(35-26)29-12-6-13-30-27(41)31-14-11-22(36)37/h1-5,7-10,16,21H,6,11-15H2,(H,33,38)(H,36,37)(H,39,40)(H2,30,31,41)(H2,29,32,34,35)/t21-/m0/s1. The predicted molar refractivity (Wildman–Crippen MR) is 160 cm³/mol. The number of amides is 1. The van der Waals surface area contributed by atoms with Crippen LogP contribution in [0, 0.1) is 0 Å². The average molecular weight is 600 g/mol. The minimum Gasteiger partial charge on any atom is -0.481 e. The third-order valence-corrected chi connectivity index (χ3v) is 6.21. The molecule has 216 valence electrons. The van der Waals surface area contributed by atoms with Crippen LogP contribution in [0.5, 0.6) is 0 Å². The summed E-state index contributed by atoms with van der Waals surface area (Å²) < 4.78 is 0. The van der Waals surface area contributed by atoms with E-state index in [9.17, 15) is 19.5 Å². The van der Waals surface area contributed by atoms with Crippen molar-refractivity contribution in [2.24, 2.45) is 0 Å². The Morgan fingerprint density at radius 2 is 1.66 bits per heavy atom. The summed E-state index contributed by atoms with van der Waals surface area (Å²) in [6.07, 6.45) is 1.92. The van der Waals surface area contributed by atoms with Crippen molar-refractivity contribution in [3.05, 3.63) is 76.9 Å². The number of aromatic nitrogens is 2. The van der Waals surface area contributed by atoms with Crippen molar-refractivity contribution in [3.8, 4) is 0 Å². The van der Waals surface area contributed by atoms with Gasteiger partial charge in [-0.2, -0.15) is 4.98 Å². The second-order valence-corrected chi connectivity index (χ2v) is 9.54. The van der Waals surface area contributed by atoms with E-state index in [2.05, 4.69) is 36.6 Å². The number of carbonyl (C=O) groups is 3. The summed E-state index contributed by atoms with van der Waals surface area (Å²) in [7, 11) is 0. The van der Waals surface area contributed by atoms with Crippen molar-refractivity contribution < 1.29 is 24.6 Å². The first kappa shape index (κ1) is 31.0. The van der Waals surface area contributed by atoms with E-state index in [1.54, 1.807) is 48.5 Å². The molecule has 1 aromatic heterocycles. The molecule has 3 aromatic rings. The van der Waals surface area contributed by atoms with Crippen LogP contribution in [0.3, 0.4) is 0 Å². The minimum absolute atomic E-state index is 0.0550. The van der Waals surface area contributed by atoms with Gasteiger partial charge in [0, 0.05) is 32.3 Å². The number of benzene rings is 2. The van der Waals surface area contributed by atoms with Crippen LogP contribution in [0.4, 0.5) is 17.5 Å². The molecule has 0 aliphatic rings. The van der Waals surface area contributed by atoms with Gasteiger partial charge in [0.05, 0.1) is 17.1 Å². The number of carboxylic acid groups (broad SMARTS) is 2. The smallest absolute Gasteiger partial charge is 0.326 e. The maximum atomic E-state index is 13.2. The molecule has 2 aromatic carbocycles. The number of hydrogen-bond donors (Lipinski definition) is 7. The highest BCUT2D eigenvalue weighted by Crippen LogP contribution is 2.24. The summed E-state index contributed by atoms with van der Waals surface area (Å²) in [4.78, 5) is 44.4. The van der Waals surface area contributed by atoms with Crippen LogP contribution in [-0.4, -0.2) is 68.8 Å². The lowest BCUT2D eigenvalue weighted by molar-refractivity contribution is -0.139. The molecule has 41 heavy (non-hydrogen) atoms. The highest BCUT2D eigenvalue weighted by atomic mass is 35.5. The van der Waals surface area contributed by atoms with Crippen LogP contribution < -0.4 is 26.6 Å². The second kappa shape index (κ2) is 15.9. The molecule has 1 amide bonds. The molecule has 0 unspecified atom stereocenters. The summed E-state index contributed by atoms with van der Waals surface area (Å²) in [5, 5.41) is 33.7. The number of thiocarbonyl (C=S) groups is 1. The third kappa shape index (κ3) is 10.5. The van der Waals surface area contributed by atoms with Crippen LogP contribution in [0.1, 0.15) is 28.8 Å². The van der Waals surface area contributed by atoms with Crippen LogP contribution in [0.2, 0.25) is 5.02 Å². The number of nitrogens with one attached hydrogen (secondary N) is 5. The number of aliphatic carboxylic acids is 2. The molecule has 0 saturated carbocycles. The van der Waals surface area contributed by atoms with Crippen molar-refractivity contribution in [2.45, 2.75) is 25.3 Å². The number of halogens is 1. The fourth-order valence-corrected chi connectivity index (χ4v) is 3.94. The molecule has 0 aliphatic heterocycles. The maximum absolute atomic E-state index is 13.2. The molecule has 0 saturated heterocycles. The molecule has 1 heterocycles. The van der Waals surface area contributed by atoms with Crippen molar-refractivity contribution in [3.63, 3.8) is 0 Å². The van der Waals surface area contributed by atoms with Gasteiger partial charge in [0.25, 0.3) is 5.91 Å². The fraction of sp³-hybridized carbons (Fsp3) is 0.259. The number of carbonyl (C=O) groups excluding carboxylic acids is 1. The number of anilines is 3. The van der Waals surface area contributed by atoms with E-state index in [0.29, 0.717) is 35.3 Å². The summed E-state index contributed by atoms with van der Waals surface area (Å²) in [5.74, 6) is -2.38. The van der Waals surface area contributed by atoms with Crippen LogP contribution in [-0.2, 0) is 16.0 Å². The number of hydrogen-bond acceptors (Lipinski definition) is 8. The SMILES string of the molecule is O=C(O)CCNC(=S)NCCCNc1nc(Nc2ccccc2Cl)ncc1C(=O)N[C@@H](Cc1ccccc1)C(=O)O. The highest BCUT2D eigenvalue weighted by molar-refractivity contribution is 7.80. The van der Waals surface area contributed by atoms with Crippen molar-refractivity contribution in [1.82, 2.24) is 25.9 Å². The van der Waals surface area contributed by atoms with Crippen LogP contribution >= 0.6 is 23.8 Å².